The Morgan fingerprint density at radius 3 is 2.86 bits per heavy atom. The average Bonchev–Trinajstić information content (AvgIpc) is 2.85. The largest absolute Gasteiger partial charge is 0.495 e. The maximum atomic E-state index is 6.23. The maximum Gasteiger partial charge on any atom is 0.137 e. The first kappa shape index (κ1) is 14.2. The van der Waals surface area contributed by atoms with E-state index in [1.807, 2.05) is 28.8 Å². The van der Waals surface area contributed by atoms with Gasteiger partial charge in [-0.1, -0.05) is 11.6 Å². The van der Waals surface area contributed by atoms with Crippen LogP contribution in [-0.2, 0) is 6.42 Å². The van der Waals surface area contributed by atoms with Crippen molar-refractivity contribution >= 4 is 34.2 Å². The van der Waals surface area contributed by atoms with E-state index in [2.05, 4.69) is 9.97 Å². The quantitative estimate of drug-likeness (QED) is 0.685. The first-order chi connectivity index (χ1) is 10.2. The van der Waals surface area contributed by atoms with Gasteiger partial charge in [0.1, 0.15) is 17.1 Å². The number of pyridine rings is 1. The summed E-state index contributed by atoms with van der Waals surface area (Å²) in [7, 11) is 1.60. The molecule has 21 heavy (non-hydrogen) atoms. The summed E-state index contributed by atoms with van der Waals surface area (Å²) in [5, 5.41) is 0.558. The molecular formula is C15H13Cl2N3O. The minimum absolute atomic E-state index is 0.501. The van der Waals surface area contributed by atoms with Crippen molar-refractivity contribution in [1.82, 2.24) is 14.5 Å². The molecule has 0 bridgehead atoms. The van der Waals surface area contributed by atoms with E-state index < -0.39 is 0 Å². The number of rotatable bonds is 4. The Labute approximate surface area is 132 Å². The molecule has 2 aromatic heterocycles. The summed E-state index contributed by atoms with van der Waals surface area (Å²) in [6.45, 7) is 0. The number of ether oxygens (including phenoxy) is 1. The summed E-state index contributed by atoms with van der Waals surface area (Å²) >= 11 is 12.1. The van der Waals surface area contributed by atoms with Crippen molar-refractivity contribution in [3.8, 4) is 11.4 Å². The second-order valence-electron chi connectivity index (χ2n) is 4.49. The van der Waals surface area contributed by atoms with Crippen molar-refractivity contribution in [3.05, 3.63) is 47.5 Å². The summed E-state index contributed by atoms with van der Waals surface area (Å²) < 4.78 is 7.24. The van der Waals surface area contributed by atoms with Gasteiger partial charge in [-0.25, -0.2) is 4.98 Å². The van der Waals surface area contributed by atoms with E-state index in [1.165, 1.54) is 0 Å². The van der Waals surface area contributed by atoms with Crippen LogP contribution in [0.25, 0.3) is 16.7 Å². The molecule has 108 valence electrons. The van der Waals surface area contributed by atoms with Gasteiger partial charge in [0.2, 0.25) is 0 Å². The molecule has 0 saturated carbocycles. The highest BCUT2D eigenvalue weighted by atomic mass is 35.5. The van der Waals surface area contributed by atoms with Crippen LogP contribution >= 0.6 is 23.2 Å². The Balaban J connectivity index is 2.22. The second kappa shape index (κ2) is 5.92. The molecule has 0 unspecified atom stereocenters. The summed E-state index contributed by atoms with van der Waals surface area (Å²) in [6.07, 6.45) is 4.16. The van der Waals surface area contributed by atoms with Gasteiger partial charge in [0.05, 0.1) is 23.8 Å². The summed E-state index contributed by atoms with van der Waals surface area (Å²) in [4.78, 5) is 8.70. The molecule has 3 aromatic rings. The van der Waals surface area contributed by atoms with Gasteiger partial charge in [-0.2, -0.15) is 0 Å². The highest BCUT2D eigenvalue weighted by Crippen LogP contribution is 2.29. The first-order valence-corrected chi connectivity index (χ1v) is 7.37. The summed E-state index contributed by atoms with van der Waals surface area (Å²) in [5.74, 6) is 2.03. The molecule has 0 N–H and O–H groups in total. The van der Waals surface area contributed by atoms with Crippen molar-refractivity contribution in [3.63, 3.8) is 0 Å². The van der Waals surface area contributed by atoms with Gasteiger partial charge in [0, 0.05) is 24.2 Å². The van der Waals surface area contributed by atoms with Crippen LogP contribution in [0, 0.1) is 0 Å². The zero-order valence-electron chi connectivity index (χ0n) is 11.4. The molecule has 6 heteroatoms. The zero-order valence-corrected chi connectivity index (χ0v) is 12.9. The van der Waals surface area contributed by atoms with E-state index in [1.54, 1.807) is 19.5 Å². The number of hydrogen-bond donors (Lipinski definition) is 0. The number of alkyl halides is 1. The zero-order chi connectivity index (χ0) is 14.8. The van der Waals surface area contributed by atoms with Crippen molar-refractivity contribution in [1.29, 1.82) is 0 Å². The minimum atomic E-state index is 0.501. The van der Waals surface area contributed by atoms with Crippen LogP contribution in [0.4, 0.5) is 0 Å². The number of aryl methyl sites for hydroxylation is 1. The molecule has 0 saturated heterocycles. The molecule has 0 aliphatic rings. The number of fused-ring (bicyclic) bond motifs is 1. The van der Waals surface area contributed by atoms with Gasteiger partial charge in [0.25, 0.3) is 0 Å². The number of benzene rings is 1. The lowest BCUT2D eigenvalue weighted by molar-refractivity contribution is 0.415. The van der Waals surface area contributed by atoms with Crippen LogP contribution in [0.15, 0.2) is 36.7 Å². The first-order valence-electron chi connectivity index (χ1n) is 6.46. The van der Waals surface area contributed by atoms with Crippen molar-refractivity contribution < 1.29 is 4.74 Å². The molecule has 0 fully saturated rings. The monoisotopic (exact) mass is 321 g/mol. The van der Waals surface area contributed by atoms with Crippen LogP contribution in [0.2, 0.25) is 5.02 Å². The van der Waals surface area contributed by atoms with Gasteiger partial charge >= 0.3 is 0 Å². The fraction of sp³-hybridized carbons (Fsp3) is 0.200. The maximum absolute atomic E-state index is 6.23. The van der Waals surface area contributed by atoms with Crippen molar-refractivity contribution in [2.24, 2.45) is 0 Å². The average molecular weight is 322 g/mol. The molecule has 0 radical (unpaired) electrons. The molecule has 0 aliphatic carbocycles. The highest BCUT2D eigenvalue weighted by molar-refractivity contribution is 6.32. The second-order valence-corrected chi connectivity index (χ2v) is 5.27. The van der Waals surface area contributed by atoms with Crippen molar-refractivity contribution in [2.75, 3.05) is 13.0 Å². The summed E-state index contributed by atoms with van der Waals surface area (Å²) in [5.41, 5.74) is 2.74. The number of aromatic nitrogens is 3. The number of imidazole rings is 1. The Morgan fingerprint density at radius 2 is 2.14 bits per heavy atom. The molecule has 2 heterocycles. The lowest BCUT2D eigenvalue weighted by Crippen LogP contribution is -2.02. The van der Waals surface area contributed by atoms with Gasteiger partial charge in [-0.3, -0.25) is 9.55 Å². The SMILES string of the molecule is COc1ccc(-n2c(CCCl)nc3cnccc32)cc1Cl. The van der Waals surface area contributed by atoms with E-state index in [0.717, 1.165) is 22.5 Å². The number of hydrogen-bond acceptors (Lipinski definition) is 3. The van der Waals surface area contributed by atoms with Gasteiger partial charge in [0.15, 0.2) is 0 Å². The molecule has 0 atom stereocenters. The third kappa shape index (κ3) is 2.57. The van der Waals surface area contributed by atoms with Crippen LogP contribution in [0.1, 0.15) is 5.82 Å². The topological polar surface area (TPSA) is 39.9 Å². The molecule has 0 aliphatic heterocycles. The summed E-state index contributed by atoms with van der Waals surface area (Å²) in [6, 6.07) is 7.58. The standard InChI is InChI=1S/C15H13Cl2N3O/c1-21-14-3-2-10(8-11(14)17)20-13-5-7-18-9-12(13)19-15(20)4-6-16/h2-3,5,7-9H,4,6H2,1H3. The molecule has 0 amide bonds. The Kier molecular flexibility index (Phi) is 3.99. The Morgan fingerprint density at radius 1 is 1.29 bits per heavy atom. The van der Waals surface area contributed by atoms with E-state index in [0.29, 0.717) is 23.1 Å². The smallest absolute Gasteiger partial charge is 0.137 e. The van der Waals surface area contributed by atoms with Gasteiger partial charge in [-0.15, -0.1) is 11.6 Å². The highest BCUT2D eigenvalue weighted by Gasteiger charge is 2.13. The lowest BCUT2D eigenvalue weighted by Gasteiger charge is -2.10. The fourth-order valence-electron chi connectivity index (χ4n) is 2.32. The van der Waals surface area contributed by atoms with E-state index in [9.17, 15) is 0 Å². The third-order valence-corrected chi connectivity index (χ3v) is 3.72. The van der Waals surface area contributed by atoms with Crippen molar-refractivity contribution in [2.45, 2.75) is 6.42 Å². The predicted octanol–water partition coefficient (Wildman–Crippen LogP) is 3.86. The molecule has 3 rings (SSSR count). The normalized spacial score (nSPS) is 11.0. The molecular weight excluding hydrogens is 309 g/mol. The predicted molar refractivity (Wildman–Crippen MR) is 84.9 cm³/mol. The minimum Gasteiger partial charge on any atom is -0.495 e. The molecule has 0 spiro atoms. The third-order valence-electron chi connectivity index (χ3n) is 3.24. The number of nitrogens with zero attached hydrogens (tertiary/aromatic N) is 3. The number of methoxy groups -OCH3 is 1. The number of halogens is 2. The lowest BCUT2D eigenvalue weighted by atomic mass is 10.2. The van der Waals surface area contributed by atoms with E-state index in [-0.39, 0.29) is 0 Å². The van der Waals surface area contributed by atoms with Crippen LogP contribution < -0.4 is 4.74 Å². The van der Waals surface area contributed by atoms with Gasteiger partial charge < -0.3 is 4.74 Å². The van der Waals surface area contributed by atoms with Crippen LogP contribution in [0.3, 0.4) is 0 Å². The Hall–Kier alpha value is -1.78. The fourth-order valence-corrected chi connectivity index (χ4v) is 2.74. The van der Waals surface area contributed by atoms with E-state index >= 15 is 0 Å². The molecule has 4 nitrogen and oxygen atoms in total. The Bertz CT molecular complexity index is 786. The van der Waals surface area contributed by atoms with E-state index in [4.69, 9.17) is 27.9 Å². The van der Waals surface area contributed by atoms with Crippen LogP contribution in [-0.4, -0.2) is 27.5 Å². The van der Waals surface area contributed by atoms with Gasteiger partial charge in [-0.05, 0) is 24.3 Å². The van der Waals surface area contributed by atoms with Crippen LogP contribution in [0.5, 0.6) is 5.75 Å². The molecule has 1 aromatic carbocycles.